The fourth-order valence-corrected chi connectivity index (χ4v) is 5.13. The minimum absolute atomic E-state index is 0.0348. The summed E-state index contributed by atoms with van der Waals surface area (Å²) in [5.74, 6) is 0.477. The molecule has 0 atom stereocenters. The molecule has 0 aliphatic rings. The van der Waals surface area contributed by atoms with Crippen molar-refractivity contribution in [1.82, 2.24) is 14.9 Å². The van der Waals surface area contributed by atoms with Gasteiger partial charge >= 0.3 is 0 Å². The summed E-state index contributed by atoms with van der Waals surface area (Å²) in [6.07, 6.45) is 4.43. The zero-order chi connectivity index (χ0) is 28.9. The SMILES string of the molecule is CCn1cc(Cc2ccc(C(=O)NCc3ccccn3)cc2-c2ccc(OC)cc2CO)c2ccc(C(=N)N)cc21. The van der Waals surface area contributed by atoms with E-state index < -0.39 is 0 Å². The quantitative estimate of drug-likeness (QED) is 0.144. The molecule has 8 heteroatoms. The number of aliphatic hydroxyl groups excluding tert-OH is 1. The number of methoxy groups -OCH3 is 1. The molecule has 5 N–H and O–H groups in total. The number of rotatable bonds is 10. The predicted octanol–water partition coefficient (Wildman–Crippen LogP) is 5.03. The monoisotopic (exact) mass is 547 g/mol. The van der Waals surface area contributed by atoms with Crippen molar-refractivity contribution in [3.8, 4) is 16.9 Å². The molecule has 8 nitrogen and oxygen atoms in total. The second kappa shape index (κ2) is 12.1. The van der Waals surface area contributed by atoms with E-state index in [-0.39, 0.29) is 18.3 Å². The van der Waals surface area contributed by atoms with Crippen molar-refractivity contribution in [3.05, 3.63) is 119 Å². The van der Waals surface area contributed by atoms with Gasteiger partial charge in [0.1, 0.15) is 11.6 Å². The topological polar surface area (TPSA) is 126 Å². The van der Waals surface area contributed by atoms with E-state index in [0.717, 1.165) is 45.4 Å². The van der Waals surface area contributed by atoms with Gasteiger partial charge in [0.15, 0.2) is 0 Å². The van der Waals surface area contributed by atoms with Gasteiger partial charge in [-0.2, -0.15) is 0 Å². The molecule has 0 saturated heterocycles. The normalized spacial score (nSPS) is 11.0. The second-order valence-electron chi connectivity index (χ2n) is 9.82. The zero-order valence-corrected chi connectivity index (χ0v) is 23.1. The van der Waals surface area contributed by atoms with Gasteiger partial charge in [-0.05, 0) is 77.2 Å². The molecule has 0 fully saturated rings. The maximum absolute atomic E-state index is 13.2. The predicted molar refractivity (Wildman–Crippen MR) is 161 cm³/mol. The van der Waals surface area contributed by atoms with Crippen LogP contribution in [-0.4, -0.2) is 33.5 Å². The Bertz CT molecular complexity index is 1730. The number of amidine groups is 1. The van der Waals surface area contributed by atoms with Gasteiger partial charge < -0.3 is 25.5 Å². The van der Waals surface area contributed by atoms with E-state index in [4.69, 9.17) is 15.9 Å². The fourth-order valence-electron chi connectivity index (χ4n) is 5.13. The first-order valence-electron chi connectivity index (χ1n) is 13.5. The molecule has 3 aromatic carbocycles. The molecule has 0 unspecified atom stereocenters. The van der Waals surface area contributed by atoms with Gasteiger partial charge in [-0.1, -0.05) is 30.3 Å². The van der Waals surface area contributed by atoms with Crippen molar-refractivity contribution in [2.75, 3.05) is 7.11 Å². The van der Waals surface area contributed by atoms with Gasteiger partial charge in [0.25, 0.3) is 5.91 Å². The largest absolute Gasteiger partial charge is 0.497 e. The summed E-state index contributed by atoms with van der Waals surface area (Å²) in [5.41, 5.74) is 13.3. The van der Waals surface area contributed by atoms with E-state index in [1.54, 1.807) is 13.3 Å². The van der Waals surface area contributed by atoms with E-state index in [9.17, 15) is 9.90 Å². The maximum atomic E-state index is 13.2. The first-order chi connectivity index (χ1) is 19.9. The Morgan fingerprint density at radius 3 is 2.54 bits per heavy atom. The number of hydrogen-bond acceptors (Lipinski definition) is 5. The molecule has 0 radical (unpaired) electrons. The number of ether oxygens (including phenoxy) is 1. The molecule has 208 valence electrons. The lowest BCUT2D eigenvalue weighted by Crippen LogP contribution is -2.23. The van der Waals surface area contributed by atoms with E-state index in [0.29, 0.717) is 35.4 Å². The van der Waals surface area contributed by atoms with Crippen LogP contribution in [0, 0.1) is 5.41 Å². The second-order valence-corrected chi connectivity index (χ2v) is 9.82. The zero-order valence-electron chi connectivity index (χ0n) is 23.1. The van der Waals surface area contributed by atoms with E-state index in [2.05, 4.69) is 28.0 Å². The van der Waals surface area contributed by atoms with Crippen LogP contribution >= 0.6 is 0 Å². The molecule has 2 heterocycles. The van der Waals surface area contributed by atoms with Crippen molar-refractivity contribution < 1.29 is 14.6 Å². The van der Waals surface area contributed by atoms with Crippen LogP contribution in [0.4, 0.5) is 0 Å². The minimum Gasteiger partial charge on any atom is -0.497 e. The van der Waals surface area contributed by atoms with Crippen LogP contribution in [0.3, 0.4) is 0 Å². The Kier molecular flexibility index (Phi) is 8.12. The van der Waals surface area contributed by atoms with Gasteiger partial charge in [-0.25, -0.2) is 0 Å². The molecule has 5 aromatic rings. The molecule has 0 bridgehead atoms. The van der Waals surface area contributed by atoms with Crippen LogP contribution in [0.2, 0.25) is 0 Å². The highest BCUT2D eigenvalue weighted by atomic mass is 16.5. The maximum Gasteiger partial charge on any atom is 0.251 e. The van der Waals surface area contributed by atoms with Crippen molar-refractivity contribution in [3.63, 3.8) is 0 Å². The van der Waals surface area contributed by atoms with E-state index in [1.165, 1.54) is 0 Å². The molecular weight excluding hydrogens is 514 g/mol. The fraction of sp³-hybridized carbons (Fsp3) is 0.182. The Hall–Kier alpha value is -4.95. The van der Waals surface area contributed by atoms with Crippen molar-refractivity contribution in [2.45, 2.75) is 33.0 Å². The smallest absolute Gasteiger partial charge is 0.251 e. The highest BCUT2D eigenvalue weighted by Crippen LogP contribution is 2.34. The average molecular weight is 548 g/mol. The molecule has 0 aliphatic heterocycles. The molecule has 5 rings (SSSR count). The van der Waals surface area contributed by atoms with E-state index >= 15 is 0 Å². The molecule has 0 saturated carbocycles. The van der Waals surface area contributed by atoms with Crippen molar-refractivity contribution in [1.29, 1.82) is 5.41 Å². The number of fused-ring (bicyclic) bond motifs is 1. The number of aliphatic hydroxyl groups is 1. The van der Waals surface area contributed by atoms with Crippen LogP contribution in [0.5, 0.6) is 5.75 Å². The van der Waals surface area contributed by atoms with Gasteiger partial charge in [-0.15, -0.1) is 0 Å². The number of carbonyl (C=O) groups is 1. The number of aromatic nitrogens is 2. The van der Waals surface area contributed by atoms with Crippen LogP contribution in [0.25, 0.3) is 22.0 Å². The number of nitrogen functional groups attached to an aromatic ring is 1. The molecule has 2 aromatic heterocycles. The third kappa shape index (κ3) is 5.83. The number of nitrogens with zero attached hydrogens (tertiary/aromatic N) is 2. The summed E-state index contributed by atoms with van der Waals surface area (Å²) in [7, 11) is 1.59. The summed E-state index contributed by atoms with van der Waals surface area (Å²) < 4.78 is 7.55. The number of hydrogen-bond donors (Lipinski definition) is 4. The number of nitrogens with one attached hydrogen (secondary N) is 2. The van der Waals surface area contributed by atoms with Crippen molar-refractivity contribution in [2.24, 2.45) is 5.73 Å². The number of carbonyl (C=O) groups excluding carboxylic acids is 1. The van der Waals surface area contributed by atoms with Gasteiger partial charge in [0.2, 0.25) is 0 Å². The van der Waals surface area contributed by atoms with Crippen LogP contribution < -0.4 is 15.8 Å². The number of benzene rings is 3. The third-order valence-corrected chi connectivity index (χ3v) is 7.30. The average Bonchev–Trinajstić information content (AvgIpc) is 3.36. The van der Waals surface area contributed by atoms with Crippen LogP contribution in [0.1, 0.15) is 45.2 Å². The number of amides is 1. The molecule has 41 heavy (non-hydrogen) atoms. The number of nitrogens with two attached hydrogens (primary N) is 1. The molecule has 0 aliphatic carbocycles. The summed E-state index contributed by atoms with van der Waals surface area (Å²) in [4.78, 5) is 17.5. The molecule has 1 amide bonds. The lowest BCUT2D eigenvalue weighted by Gasteiger charge is -2.16. The van der Waals surface area contributed by atoms with Gasteiger partial charge in [0.05, 0.1) is 26.0 Å². The van der Waals surface area contributed by atoms with Crippen LogP contribution in [0.15, 0.2) is 85.2 Å². The molecule has 0 spiro atoms. The molecular formula is C33H33N5O3. The minimum atomic E-state index is -0.207. The standard InChI is InChI=1S/C33H33N5O3/c1-3-38-19-24(29-11-9-22(32(34)35)17-31(29)38)14-21-7-8-23(33(40)37-18-26-6-4-5-13-36-26)16-30(21)28-12-10-27(41-2)15-25(28)20-39/h4-13,15-17,19,39H,3,14,18,20H2,1-2H3,(H3,34,35)(H,37,40). The Morgan fingerprint density at radius 1 is 1.00 bits per heavy atom. The lowest BCUT2D eigenvalue weighted by atomic mass is 9.90. The third-order valence-electron chi connectivity index (χ3n) is 7.30. The highest BCUT2D eigenvalue weighted by Gasteiger charge is 2.17. The Balaban J connectivity index is 1.57. The van der Waals surface area contributed by atoms with E-state index in [1.807, 2.05) is 72.8 Å². The first-order valence-corrected chi connectivity index (χ1v) is 13.5. The summed E-state index contributed by atoms with van der Waals surface area (Å²) >= 11 is 0. The lowest BCUT2D eigenvalue weighted by molar-refractivity contribution is 0.0950. The van der Waals surface area contributed by atoms with Crippen LogP contribution in [-0.2, 0) is 26.1 Å². The van der Waals surface area contributed by atoms with Gasteiger partial charge in [0, 0.05) is 47.4 Å². The Morgan fingerprint density at radius 2 is 1.83 bits per heavy atom. The number of pyridine rings is 1. The summed E-state index contributed by atoms with van der Waals surface area (Å²) in [6, 6.07) is 22.7. The Labute approximate surface area is 238 Å². The summed E-state index contributed by atoms with van der Waals surface area (Å²) in [5, 5.41) is 22.1. The van der Waals surface area contributed by atoms with Gasteiger partial charge in [-0.3, -0.25) is 15.2 Å². The highest BCUT2D eigenvalue weighted by molar-refractivity contribution is 5.99. The first kappa shape index (κ1) is 27.6. The number of aryl methyl sites for hydroxylation is 1. The van der Waals surface area contributed by atoms with Crippen molar-refractivity contribution >= 4 is 22.6 Å². The summed E-state index contributed by atoms with van der Waals surface area (Å²) in [6.45, 7) is 3.00.